The van der Waals surface area contributed by atoms with Crippen molar-refractivity contribution in [2.45, 2.75) is 31.0 Å². The lowest BCUT2D eigenvalue weighted by molar-refractivity contribution is -0.142. The third-order valence-corrected chi connectivity index (χ3v) is 7.17. The molecular weight excluding hydrogens is 530 g/mol. The second-order valence-corrected chi connectivity index (χ2v) is 10.1. The minimum absolute atomic E-state index is 0.194. The first-order chi connectivity index (χ1) is 18.5. The van der Waals surface area contributed by atoms with Crippen molar-refractivity contribution in [1.82, 2.24) is 19.6 Å². The number of fused-ring (bicyclic) bond motifs is 1. The van der Waals surface area contributed by atoms with Gasteiger partial charge in [-0.3, -0.25) is 38.8 Å². The number of benzene rings is 1. The molecule has 1 aliphatic carbocycles. The van der Waals surface area contributed by atoms with Crippen molar-refractivity contribution in [1.29, 1.82) is 0 Å². The van der Waals surface area contributed by atoms with Crippen molar-refractivity contribution in [3.05, 3.63) is 29.8 Å². The Morgan fingerprint density at radius 2 is 1.28 bits per heavy atom. The first kappa shape index (κ1) is 30.4. The van der Waals surface area contributed by atoms with Gasteiger partial charge in [-0.15, -0.1) is 0 Å². The molecule has 0 aromatic heterocycles. The Hall–Kier alpha value is -3.17. The number of rotatable bonds is 12. The molecule has 1 aromatic rings. The maximum Gasteiger partial charge on any atom is 0.317 e. The second kappa shape index (κ2) is 14.3. The lowest BCUT2D eigenvalue weighted by Gasteiger charge is -2.37. The molecule has 5 N–H and O–H groups in total. The predicted molar refractivity (Wildman–Crippen MR) is 145 cm³/mol. The summed E-state index contributed by atoms with van der Waals surface area (Å²) in [7, 11) is 0. The molecule has 0 amide bonds. The molecule has 214 valence electrons. The van der Waals surface area contributed by atoms with Crippen molar-refractivity contribution >= 4 is 47.3 Å². The van der Waals surface area contributed by atoms with Gasteiger partial charge in [0.05, 0.1) is 31.7 Å². The minimum Gasteiger partial charge on any atom is -0.480 e. The predicted octanol–water partition coefficient (Wildman–Crippen LogP) is -0.332. The molecular formula is C25H35N5O8S. The lowest BCUT2D eigenvalue weighted by Crippen LogP contribution is -2.53. The molecule has 14 heteroatoms. The van der Waals surface area contributed by atoms with Crippen molar-refractivity contribution in [2.24, 2.45) is 0 Å². The summed E-state index contributed by atoms with van der Waals surface area (Å²) >= 11 is 4.83. The zero-order valence-corrected chi connectivity index (χ0v) is 22.3. The Labute approximate surface area is 231 Å². The molecule has 1 aromatic carbocycles. The van der Waals surface area contributed by atoms with Crippen LogP contribution < -0.4 is 5.32 Å². The molecule has 0 bridgehead atoms. The fraction of sp³-hybridized carbons (Fsp3) is 0.560. The zero-order valence-electron chi connectivity index (χ0n) is 21.5. The van der Waals surface area contributed by atoms with E-state index in [1.807, 2.05) is 24.3 Å². The number of thiocarbonyl (C=S) groups is 1. The smallest absolute Gasteiger partial charge is 0.317 e. The number of carboxylic acid groups (broad SMARTS) is 4. The summed E-state index contributed by atoms with van der Waals surface area (Å²) in [5.41, 5.74) is 3.10. The van der Waals surface area contributed by atoms with Gasteiger partial charge < -0.3 is 25.7 Å². The van der Waals surface area contributed by atoms with E-state index in [0.717, 1.165) is 11.3 Å². The molecule has 0 radical (unpaired) electrons. The normalized spacial score (nSPS) is 23.5. The van der Waals surface area contributed by atoms with Gasteiger partial charge in [-0.2, -0.15) is 0 Å². The zero-order chi connectivity index (χ0) is 28.5. The molecule has 39 heavy (non-hydrogen) atoms. The van der Waals surface area contributed by atoms with E-state index < -0.39 is 29.9 Å². The number of nitrogens with zero attached hydrogens (tertiary/aromatic N) is 4. The fourth-order valence-electron chi connectivity index (χ4n) is 5.20. The van der Waals surface area contributed by atoms with Crippen LogP contribution in [0.2, 0.25) is 0 Å². The van der Waals surface area contributed by atoms with Gasteiger partial charge in [0.1, 0.15) is 0 Å². The molecule has 1 saturated carbocycles. The highest BCUT2D eigenvalue weighted by Gasteiger charge is 2.47. The first-order valence-electron chi connectivity index (χ1n) is 12.7. The topological polar surface area (TPSA) is 174 Å². The Morgan fingerprint density at radius 1 is 0.769 bits per heavy atom. The van der Waals surface area contributed by atoms with Crippen molar-refractivity contribution < 1.29 is 39.6 Å². The molecule has 1 heterocycles. The maximum atomic E-state index is 11.9. The van der Waals surface area contributed by atoms with Gasteiger partial charge in [-0.25, -0.2) is 0 Å². The van der Waals surface area contributed by atoms with E-state index in [2.05, 4.69) is 5.32 Å². The molecule has 2 fully saturated rings. The van der Waals surface area contributed by atoms with Crippen LogP contribution in [0.25, 0.3) is 0 Å². The third-order valence-electron chi connectivity index (χ3n) is 7.06. The Balaban J connectivity index is 1.94. The van der Waals surface area contributed by atoms with Crippen LogP contribution in [0.4, 0.5) is 5.69 Å². The highest BCUT2D eigenvalue weighted by molar-refractivity contribution is 7.79. The number of hydrogen-bond acceptors (Lipinski definition) is 9. The molecule has 3 unspecified atom stereocenters. The van der Waals surface area contributed by atoms with Crippen LogP contribution in [0.3, 0.4) is 0 Å². The van der Waals surface area contributed by atoms with Crippen LogP contribution in [0.15, 0.2) is 24.3 Å². The minimum atomic E-state index is -1.04. The van der Waals surface area contributed by atoms with Crippen LogP contribution >= 0.6 is 12.2 Å². The largest absolute Gasteiger partial charge is 0.480 e. The van der Waals surface area contributed by atoms with Crippen LogP contribution in [-0.2, 0) is 25.6 Å². The number of carboxylic acids is 4. The maximum absolute atomic E-state index is 11.9. The number of aliphatic carboxylic acids is 4. The Bertz CT molecular complexity index is 1040. The van der Waals surface area contributed by atoms with E-state index in [-0.39, 0.29) is 64.4 Å². The lowest BCUT2D eigenvalue weighted by atomic mass is 10.0. The molecule has 1 saturated heterocycles. The number of nitrogens with one attached hydrogen (secondary N) is 1. The molecule has 13 nitrogen and oxygen atoms in total. The van der Waals surface area contributed by atoms with E-state index in [0.29, 0.717) is 19.4 Å². The average Bonchev–Trinajstić information content (AvgIpc) is 3.63. The highest BCUT2D eigenvalue weighted by atomic mass is 32.1. The first-order valence-corrected chi connectivity index (χ1v) is 13.1. The van der Waals surface area contributed by atoms with E-state index in [1.165, 1.54) is 5.49 Å². The molecule has 2 aliphatic rings. The second-order valence-electron chi connectivity index (χ2n) is 9.91. The summed E-state index contributed by atoms with van der Waals surface area (Å²) in [5, 5.41) is 41.2. The van der Waals surface area contributed by atoms with Gasteiger partial charge in [0.25, 0.3) is 0 Å². The van der Waals surface area contributed by atoms with Crippen LogP contribution in [0.1, 0.15) is 12.0 Å². The van der Waals surface area contributed by atoms with Gasteiger partial charge in [0.15, 0.2) is 0 Å². The van der Waals surface area contributed by atoms with E-state index in [1.54, 1.807) is 19.6 Å². The van der Waals surface area contributed by atoms with E-state index >= 15 is 0 Å². The highest BCUT2D eigenvalue weighted by Crippen LogP contribution is 2.34. The van der Waals surface area contributed by atoms with Gasteiger partial charge in [-0.05, 0) is 30.5 Å². The van der Waals surface area contributed by atoms with E-state index in [9.17, 15) is 39.6 Å². The van der Waals surface area contributed by atoms with Crippen LogP contribution in [0.5, 0.6) is 0 Å². The molecule has 1 aliphatic heterocycles. The number of hydrogen-bond donors (Lipinski definition) is 5. The molecule has 0 spiro atoms. The summed E-state index contributed by atoms with van der Waals surface area (Å²) in [6.45, 7) is 0.261. The Kier molecular flexibility index (Phi) is 11.1. The summed E-state index contributed by atoms with van der Waals surface area (Å²) in [5.74, 6) is -4.11. The number of carbonyl (C=O) groups is 4. The van der Waals surface area contributed by atoms with Crippen LogP contribution in [-0.4, -0.2) is 146 Å². The monoisotopic (exact) mass is 565 g/mol. The van der Waals surface area contributed by atoms with Crippen LogP contribution in [0, 0.1) is 0 Å². The summed E-state index contributed by atoms with van der Waals surface area (Å²) in [6.07, 6.45) is 1.000. The van der Waals surface area contributed by atoms with Crippen molar-refractivity contribution in [2.75, 3.05) is 64.2 Å². The van der Waals surface area contributed by atoms with Gasteiger partial charge >= 0.3 is 23.9 Å². The van der Waals surface area contributed by atoms with Gasteiger partial charge in [0.2, 0.25) is 0 Å². The summed E-state index contributed by atoms with van der Waals surface area (Å²) in [4.78, 5) is 53.8. The summed E-state index contributed by atoms with van der Waals surface area (Å²) in [6, 6.07) is 6.67. The van der Waals surface area contributed by atoms with Gasteiger partial charge in [-0.1, -0.05) is 24.4 Å². The summed E-state index contributed by atoms with van der Waals surface area (Å²) < 4.78 is 0. The van der Waals surface area contributed by atoms with Crippen molar-refractivity contribution in [3.8, 4) is 0 Å². The standard InChI is InChI=1S/C25H35N5O8S/c31-22(32)12-27-5-7-28(13-23(33)34)19(9-17-1-3-18(4-2-17)26-16-39)11-30(15-25(37)38)21-10-20(21)29(8-6-27)14-24(35)36/h1-4,16,19-21H,5-15H2,(H,26,39)(H,31,32)(H,33,34)(H,35,36)(H,37,38). The average molecular weight is 566 g/mol. The quantitative estimate of drug-likeness (QED) is 0.208. The SMILES string of the molecule is O=C(O)CN1CCN(CC(=O)O)C(Cc2ccc(NC=S)cc2)CN(CC(=O)O)C2CC2N(CC(=O)O)CC1. The molecule has 3 rings (SSSR count). The number of anilines is 1. The van der Waals surface area contributed by atoms with E-state index in [4.69, 9.17) is 12.2 Å². The van der Waals surface area contributed by atoms with Crippen molar-refractivity contribution in [3.63, 3.8) is 0 Å². The van der Waals surface area contributed by atoms with Gasteiger partial charge in [0, 0.05) is 56.5 Å². The Morgan fingerprint density at radius 3 is 1.85 bits per heavy atom. The third kappa shape index (κ3) is 9.82. The molecule has 3 atom stereocenters. The fourth-order valence-corrected chi connectivity index (χ4v) is 5.34.